The molecule has 1 fully saturated rings. The molecule has 8 nitrogen and oxygen atoms in total. The molecule has 1 saturated heterocycles. The maximum atomic E-state index is 15.6. The number of carboxylic acid groups (broad SMARTS) is 1. The number of benzene rings is 2. The minimum Gasteiger partial charge on any atom is -0.496 e. The summed E-state index contributed by atoms with van der Waals surface area (Å²) in [5.74, 6) is -2.56. The van der Waals surface area contributed by atoms with Crippen molar-refractivity contribution < 1.29 is 28.6 Å². The number of carbonyl (C=O) groups is 3. The van der Waals surface area contributed by atoms with Gasteiger partial charge in [-0.05, 0) is 24.5 Å². The van der Waals surface area contributed by atoms with Gasteiger partial charge in [0.15, 0.2) is 0 Å². The number of aliphatic carboxylic acids is 1. The summed E-state index contributed by atoms with van der Waals surface area (Å²) in [4.78, 5) is 41.6. The zero-order valence-electron chi connectivity index (χ0n) is 19.0. The summed E-state index contributed by atoms with van der Waals surface area (Å²) in [6, 6.07) is 12.4. The molecule has 0 saturated carbocycles. The van der Waals surface area contributed by atoms with Gasteiger partial charge in [0.05, 0.1) is 23.8 Å². The summed E-state index contributed by atoms with van der Waals surface area (Å²) < 4.78 is 20.9. The molecule has 178 valence electrons. The van der Waals surface area contributed by atoms with E-state index in [1.54, 1.807) is 11.0 Å². The van der Waals surface area contributed by atoms with Gasteiger partial charge in [0.25, 0.3) is 11.7 Å². The van der Waals surface area contributed by atoms with Gasteiger partial charge < -0.3 is 25.0 Å². The van der Waals surface area contributed by atoms with Gasteiger partial charge in [-0.1, -0.05) is 30.3 Å². The normalized spacial score (nSPS) is 15.2. The fraction of sp³-hybridized carbons (Fsp3) is 0.320. The molecular formula is C25H26FN3O5. The molecule has 34 heavy (non-hydrogen) atoms. The average Bonchev–Trinajstić information content (AvgIpc) is 3.21. The van der Waals surface area contributed by atoms with Crippen LogP contribution in [0.3, 0.4) is 0 Å². The highest BCUT2D eigenvalue weighted by atomic mass is 19.1. The predicted octanol–water partition coefficient (Wildman–Crippen LogP) is 3.35. The molecule has 3 N–H and O–H groups in total. The molecule has 1 aromatic heterocycles. The Morgan fingerprint density at radius 3 is 2.44 bits per heavy atom. The third-order valence-corrected chi connectivity index (χ3v) is 6.33. The molecule has 2 heterocycles. The first-order valence-corrected chi connectivity index (χ1v) is 11.0. The van der Waals surface area contributed by atoms with E-state index in [9.17, 15) is 19.5 Å². The number of carboxylic acids is 1. The molecule has 9 heteroatoms. The minimum absolute atomic E-state index is 0.0512. The number of H-pyrrole nitrogens is 1. The summed E-state index contributed by atoms with van der Waals surface area (Å²) >= 11 is 0. The number of nitrogens with zero attached hydrogens (tertiary/aromatic N) is 1. The number of aromatic amines is 1. The van der Waals surface area contributed by atoms with Gasteiger partial charge >= 0.3 is 5.97 Å². The Kier molecular flexibility index (Phi) is 6.28. The Bertz CT molecular complexity index is 1250. The Balaban J connectivity index is 1.71. The van der Waals surface area contributed by atoms with E-state index in [1.165, 1.54) is 20.2 Å². The molecule has 0 unspecified atom stereocenters. The summed E-state index contributed by atoms with van der Waals surface area (Å²) in [5, 5.41) is 12.3. The number of aromatic nitrogens is 1. The Morgan fingerprint density at radius 1 is 1.18 bits per heavy atom. The summed E-state index contributed by atoms with van der Waals surface area (Å²) in [6.45, 7) is 0.602. The monoisotopic (exact) mass is 467 g/mol. The van der Waals surface area contributed by atoms with Crippen LogP contribution in [0.4, 0.5) is 10.2 Å². The lowest BCUT2D eigenvalue weighted by atomic mass is 9.87. The maximum Gasteiger partial charge on any atom is 0.377 e. The number of anilines is 1. The van der Waals surface area contributed by atoms with Gasteiger partial charge in [-0.2, -0.15) is 0 Å². The highest BCUT2D eigenvalue weighted by Crippen LogP contribution is 2.38. The number of hydrogen-bond acceptors (Lipinski definition) is 5. The van der Waals surface area contributed by atoms with Crippen molar-refractivity contribution in [1.82, 2.24) is 10.3 Å². The lowest BCUT2D eigenvalue weighted by molar-refractivity contribution is -0.131. The van der Waals surface area contributed by atoms with E-state index in [-0.39, 0.29) is 29.7 Å². The number of ether oxygens (including phenoxy) is 1. The SMILES string of the molecule is CNC(=O)c1cc2c(C(=O)C(=O)O)c(N3CCC(F)(Cc4ccccc4)CC3)[nH]c2cc1OC. The summed E-state index contributed by atoms with van der Waals surface area (Å²) in [6.07, 6.45) is 0.748. The lowest BCUT2D eigenvalue weighted by Crippen LogP contribution is -2.43. The number of alkyl halides is 1. The van der Waals surface area contributed by atoms with Gasteiger partial charge in [-0.3, -0.25) is 9.59 Å². The number of methoxy groups -OCH3 is 1. The van der Waals surface area contributed by atoms with Gasteiger partial charge in [-0.15, -0.1) is 0 Å². The smallest absolute Gasteiger partial charge is 0.377 e. The quantitative estimate of drug-likeness (QED) is 0.363. The van der Waals surface area contributed by atoms with Gasteiger partial charge in [0.2, 0.25) is 0 Å². The fourth-order valence-electron chi connectivity index (χ4n) is 4.53. The van der Waals surface area contributed by atoms with Crippen LogP contribution in [0.15, 0.2) is 42.5 Å². The second-order valence-electron chi connectivity index (χ2n) is 8.46. The molecule has 0 aliphatic carbocycles. The van der Waals surface area contributed by atoms with Crippen LogP contribution in [-0.4, -0.2) is 60.7 Å². The molecule has 0 bridgehead atoms. The molecular weight excluding hydrogens is 441 g/mol. The van der Waals surface area contributed by atoms with Crippen LogP contribution in [0.2, 0.25) is 0 Å². The average molecular weight is 467 g/mol. The van der Waals surface area contributed by atoms with Gasteiger partial charge in [0.1, 0.15) is 17.2 Å². The fourth-order valence-corrected chi connectivity index (χ4v) is 4.53. The molecule has 1 amide bonds. The van der Waals surface area contributed by atoms with Crippen LogP contribution in [-0.2, 0) is 11.2 Å². The molecule has 4 rings (SSSR count). The number of fused-ring (bicyclic) bond motifs is 1. The van der Waals surface area contributed by atoms with Crippen molar-refractivity contribution in [2.24, 2.45) is 0 Å². The van der Waals surface area contributed by atoms with Gasteiger partial charge in [0, 0.05) is 38.0 Å². The van der Waals surface area contributed by atoms with Crippen molar-refractivity contribution in [2.75, 3.05) is 32.1 Å². The van der Waals surface area contributed by atoms with Crippen molar-refractivity contribution in [1.29, 1.82) is 0 Å². The van der Waals surface area contributed by atoms with Crippen molar-refractivity contribution in [3.63, 3.8) is 0 Å². The first-order chi connectivity index (χ1) is 16.3. The van der Waals surface area contributed by atoms with Crippen LogP contribution in [0.25, 0.3) is 10.9 Å². The number of nitrogens with one attached hydrogen (secondary N) is 2. The molecule has 0 atom stereocenters. The first-order valence-electron chi connectivity index (χ1n) is 11.0. The Morgan fingerprint density at radius 2 is 1.85 bits per heavy atom. The Labute approximate surface area is 195 Å². The summed E-state index contributed by atoms with van der Waals surface area (Å²) in [5.41, 5.74) is 0.0952. The van der Waals surface area contributed by atoms with E-state index in [2.05, 4.69) is 10.3 Å². The van der Waals surface area contributed by atoms with Crippen LogP contribution in [0, 0.1) is 0 Å². The van der Waals surface area contributed by atoms with Crippen molar-refractivity contribution in [2.45, 2.75) is 24.9 Å². The third kappa shape index (κ3) is 4.33. The largest absolute Gasteiger partial charge is 0.496 e. The zero-order chi connectivity index (χ0) is 24.5. The number of hydrogen-bond donors (Lipinski definition) is 3. The standard InChI is InChI=1S/C25H26FN3O5/c1-27-23(31)17-12-16-18(13-19(17)34-2)28-22(20(16)21(30)24(32)33)29-10-8-25(26,9-11-29)14-15-6-4-3-5-7-15/h3-7,12-13,28H,8-11,14H2,1-2H3,(H,27,31)(H,32,33). The number of piperidine rings is 1. The number of Topliss-reactive ketones (excluding diaryl/α,β-unsaturated/α-hetero) is 1. The third-order valence-electron chi connectivity index (χ3n) is 6.33. The van der Waals surface area contributed by atoms with Crippen molar-refractivity contribution >= 4 is 34.4 Å². The van der Waals surface area contributed by atoms with Crippen LogP contribution in [0.1, 0.15) is 39.1 Å². The number of carbonyl (C=O) groups excluding carboxylic acids is 2. The van der Waals surface area contributed by atoms with Crippen LogP contribution in [0.5, 0.6) is 5.75 Å². The molecule has 1 aliphatic heterocycles. The van der Waals surface area contributed by atoms with E-state index in [4.69, 9.17) is 4.74 Å². The van der Waals surface area contributed by atoms with E-state index in [0.717, 1.165) is 5.56 Å². The van der Waals surface area contributed by atoms with Gasteiger partial charge in [-0.25, -0.2) is 9.18 Å². The molecule has 3 aromatic rings. The number of rotatable bonds is 7. The van der Waals surface area contributed by atoms with E-state index in [1.807, 2.05) is 30.3 Å². The zero-order valence-corrected chi connectivity index (χ0v) is 19.0. The molecule has 0 radical (unpaired) electrons. The van der Waals surface area contributed by atoms with Crippen LogP contribution >= 0.6 is 0 Å². The van der Waals surface area contributed by atoms with E-state index in [0.29, 0.717) is 36.2 Å². The molecule has 0 spiro atoms. The number of amides is 1. The molecule has 2 aromatic carbocycles. The van der Waals surface area contributed by atoms with Crippen LogP contribution < -0.4 is 15.0 Å². The topological polar surface area (TPSA) is 112 Å². The van der Waals surface area contributed by atoms with Crippen molar-refractivity contribution in [3.05, 3.63) is 59.2 Å². The highest BCUT2D eigenvalue weighted by molar-refractivity contribution is 6.43. The Hall–Kier alpha value is -3.88. The first kappa shape index (κ1) is 23.3. The number of ketones is 1. The lowest BCUT2D eigenvalue weighted by Gasteiger charge is -2.37. The summed E-state index contributed by atoms with van der Waals surface area (Å²) in [7, 11) is 2.88. The van der Waals surface area contributed by atoms with Crippen molar-refractivity contribution in [3.8, 4) is 5.75 Å². The second kappa shape index (κ2) is 9.17. The van der Waals surface area contributed by atoms with E-state index >= 15 is 4.39 Å². The second-order valence-corrected chi connectivity index (χ2v) is 8.46. The maximum absolute atomic E-state index is 15.6. The minimum atomic E-state index is -1.61. The van der Waals surface area contributed by atoms with E-state index < -0.39 is 23.3 Å². The predicted molar refractivity (Wildman–Crippen MR) is 126 cm³/mol. The highest BCUT2D eigenvalue weighted by Gasteiger charge is 2.37. The molecule has 1 aliphatic rings. The number of halogens is 1.